The average molecular weight is 291 g/mol. The Hall–Kier alpha value is -0.280. The van der Waals surface area contributed by atoms with E-state index in [0.717, 1.165) is 6.42 Å². The van der Waals surface area contributed by atoms with Gasteiger partial charge < -0.3 is 24.8 Å². The summed E-state index contributed by atoms with van der Waals surface area (Å²) in [6.45, 7) is 2.87. The second-order valence-corrected chi connectivity index (χ2v) is 5.48. The summed E-state index contributed by atoms with van der Waals surface area (Å²) in [4.78, 5) is 5.48. The van der Waals surface area contributed by atoms with E-state index < -0.39 is 30.6 Å². The summed E-state index contributed by atoms with van der Waals surface area (Å²) in [5, 5.41) is 29.7. The van der Waals surface area contributed by atoms with E-state index in [2.05, 4.69) is 5.48 Å². The normalized spacial score (nSPS) is 43.8. The second kappa shape index (κ2) is 7.65. The largest absolute Gasteiger partial charge is 0.390 e. The topological polar surface area (TPSA) is 100 Å². The molecule has 0 spiro atoms. The van der Waals surface area contributed by atoms with Crippen LogP contribution < -0.4 is 5.48 Å². The summed E-state index contributed by atoms with van der Waals surface area (Å²) in [7, 11) is 0. The molecule has 7 nitrogen and oxygen atoms in total. The molecule has 118 valence electrons. The van der Waals surface area contributed by atoms with Gasteiger partial charge in [-0.05, 0) is 32.6 Å². The van der Waals surface area contributed by atoms with E-state index in [9.17, 15) is 15.3 Å². The van der Waals surface area contributed by atoms with Gasteiger partial charge in [0.25, 0.3) is 0 Å². The van der Waals surface area contributed by atoms with E-state index in [4.69, 9.17) is 14.3 Å². The van der Waals surface area contributed by atoms with Gasteiger partial charge in [-0.15, -0.1) is 0 Å². The molecule has 2 aliphatic rings. The smallest absolute Gasteiger partial charge is 0.158 e. The summed E-state index contributed by atoms with van der Waals surface area (Å²) in [5.41, 5.74) is 2.63. The van der Waals surface area contributed by atoms with Crippen LogP contribution in [-0.2, 0) is 14.3 Å². The van der Waals surface area contributed by atoms with Crippen LogP contribution in [-0.4, -0.2) is 65.3 Å². The molecule has 2 rings (SSSR count). The molecule has 6 atom stereocenters. The minimum atomic E-state index is -1.06. The van der Waals surface area contributed by atoms with E-state index in [1.165, 1.54) is 0 Å². The SMILES string of the molecule is CC1OCCCC(O)C1ONC1OCCCC(O)C1O. The van der Waals surface area contributed by atoms with Gasteiger partial charge in [0.1, 0.15) is 12.2 Å². The Morgan fingerprint density at radius 2 is 1.65 bits per heavy atom. The Balaban J connectivity index is 1.88. The summed E-state index contributed by atoms with van der Waals surface area (Å²) >= 11 is 0. The Morgan fingerprint density at radius 3 is 2.40 bits per heavy atom. The molecule has 20 heavy (non-hydrogen) atoms. The Bertz CT molecular complexity index is 280. The molecule has 2 fully saturated rings. The van der Waals surface area contributed by atoms with Gasteiger partial charge in [-0.2, -0.15) is 5.48 Å². The van der Waals surface area contributed by atoms with Crippen LogP contribution in [0.15, 0.2) is 0 Å². The maximum absolute atomic E-state index is 10.0. The third-order valence-electron chi connectivity index (χ3n) is 3.83. The first kappa shape index (κ1) is 16.1. The highest BCUT2D eigenvalue weighted by Gasteiger charge is 2.34. The molecular weight excluding hydrogens is 266 g/mol. The molecule has 0 aromatic carbocycles. The van der Waals surface area contributed by atoms with E-state index >= 15 is 0 Å². The van der Waals surface area contributed by atoms with Crippen molar-refractivity contribution in [1.29, 1.82) is 0 Å². The number of rotatable bonds is 3. The van der Waals surface area contributed by atoms with Crippen LogP contribution in [0.25, 0.3) is 0 Å². The molecule has 6 unspecified atom stereocenters. The lowest BCUT2D eigenvalue weighted by Crippen LogP contribution is -2.51. The van der Waals surface area contributed by atoms with Gasteiger partial charge in [-0.25, -0.2) is 0 Å². The predicted molar refractivity (Wildman–Crippen MR) is 69.7 cm³/mol. The maximum atomic E-state index is 10.0. The van der Waals surface area contributed by atoms with Crippen molar-refractivity contribution in [1.82, 2.24) is 5.48 Å². The quantitative estimate of drug-likeness (QED) is 0.510. The van der Waals surface area contributed by atoms with Crippen molar-refractivity contribution in [3.05, 3.63) is 0 Å². The third kappa shape index (κ3) is 4.11. The van der Waals surface area contributed by atoms with E-state index in [1.54, 1.807) is 0 Å². The summed E-state index contributed by atoms with van der Waals surface area (Å²) in [5.74, 6) is 0. The highest BCUT2D eigenvalue weighted by Crippen LogP contribution is 2.19. The molecule has 2 saturated heterocycles. The maximum Gasteiger partial charge on any atom is 0.158 e. The van der Waals surface area contributed by atoms with Crippen LogP contribution in [0.1, 0.15) is 32.6 Å². The summed E-state index contributed by atoms with van der Waals surface area (Å²) in [6.07, 6.45) is -1.57. The van der Waals surface area contributed by atoms with Gasteiger partial charge in [-0.3, -0.25) is 4.84 Å². The number of aliphatic hydroxyl groups excluding tert-OH is 3. The molecule has 0 radical (unpaired) electrons. The molecule has 0 saturated carbocycles. The fourth-order valence-electron chi connectivity index (χ4n) is 2.53. The summed E-state index contributed by atoms with van der Waals surface area (Å²) < 4.78 is 10.9. The zero-order chi connectivity index (χ0) is 14.5. The molecule has 0 aromatic rings. The van der Waals surface area contributed by atoms with Gasteiger partial charge in [-0.1, -0.05) is 0 Å². The fraction of sp³-hybridized carbons (Fsp3) is 1.00. The third-order valence-corrected chi connectivity index (χ3v) is 3.83. The molecule has 0 aliphatic carbocycles. The fourth-order valence-corrected chi connectivity index (χ4v) is 2.53. The Kier molecular flexibility index (Phi) is 6.16. The van der Waals surface area contributed by atoms with Crippen LogP contribution in [0, 0.1) is 0 Å². The molecule has 0 aromatic heterocycles. The molecule has 7 heteroatoms. The first-order valence-corrected chi connectivity index (χ1v) is 7.28. The van der Waals surface area contributed by atoms with Crippen LogP contribution >= 0.6 is 0 Å². The van der Waals surface area contributed by atoms with Crippen molar-refractivity contribution >= 4 is 0 Å². The molecular formula is C13H25NO6. The zero-order valence-electron chi connectivity index (χ0n) is 11.8. The van der Waals surface area contributed by atoms with Crippen molar-refractivity contribution < 1.29 is 29.6 Å². The van der Waals surface area contributed by atoms with Gasteiger partial charge in [0.05, 0.1) is 18.3 Å². The number of ether oxygens (including phenoxy) is 2. The molecule has 0 amide bonds. The first-order chi connectivity index (χ1) is 9.59. The highest BCUT2D eigenvalue weighted by molar-refractivity contribution is 4.80. The van der Waals surface area contributed by atoms with Crippen molar-refractivity contribution in [2.24, 2.45) is 0 Å². The number of nitrogens with one attached hydrogen (secondary N) is 1. The Labute approximate surface area is 118 Å². The number of aliphatic hydroxyl groups is 3. The van der Waals surface area contributed by atoms with Crippen LogP contribution in [0.2, 0.25) is 0 Å². The molecule has 2 heterocycles. The second-order valence-electron chi connectivity index (χ2n) is 5.48. The monoisotopic (exact) mass is 291 g/mol. The zero-order valence-corrected chi connectivity index (χ0v) is 11.8. The van der Waals surface area contributed by atoms with Crippen molar-refractivity contribution in [3.8, 4) is 0 Å². The lowest BCUT2D eigenvalue weighted by molar-refractivity contribution is -0.201. The Morgan fingerprint density at radius 1 is 1.00 bits per heavy atom. The van der Waals surface area contributed by atoms with Gasteiger partial charge in [0.2, 0.25) is 0 Å². The lowest BCUT2D eigenvalue weighted by Gasteiger charge is -2.30. The van der Waals surface area contributed by atoms with E-state index in [1.807, 2.05) is 6.92 Å². The standard InChI is InChI=1S/C13H25NO6/c1-8-12(10(16)5-3-6-18-8)20-14-13-11(17)9(15)4-2-7-19-13/h8-17H,2-7H2,1H3. The highest BCUT2D eigenvalue weighted by atomic mass is 16.7. The first-order valence-electron chi connectivity index (χ1n) is 7.28. The van der Waals surface area contributed by atoms with Crippen molar-refractivity contribution in [3.63, 3.8) is 0 Å². The lowest BCUT2D eigenvalue weighted by atomic mass is 10.1. The average Bonchev–Trinajstić information content (AvgIpc) is 2.68. The number of hydrogen-bond donors (Lipinski definition) is 4. The minimum Gasteiger partial charge on any atom is -0.390 e. The summed E-state index contributed by atoms with van der Waals surface area (Å²) in [6, 6.07) is 0. The van der Waals surface area contributed by atoms with Crippen molar-refractivity contribution in [2.45, 2.75) is 69.4 Å². The van der Waals surface area contributed by atoms with Crippen LogP contribution in [0.5, 0.6) is 0 Å². The number of hydrogen-bond acceptors (Lipinski definition) is 7. The number of hydroxylamine groups is 1. The van der Waals surface area contributed by atoms with Gasteiger partial charge >= 0.3 is 0 Å². The van der Waals surface area contributed by atoms with Crippen LogP contribution in [0.4, 0.5) is 0 Å². The molecule has 0 bridgehead atoms. The molecule has 4 N–H and O–H groups in total. The molecule has 2 aliphatic heterocycles. The van der Waals surface area contributed by atoms with Gasteiger partial charge in [0.15, 0.2) is 6.23 Å². The van der Waals surface area contributed by atoms with Gasteiger partial charge in [0, 0.05) is 13.2 Å². The van der Waals surface area contributed by atoms with E-state index in [-0.39, 0.29) is 6.10 Å². The minimum absolute atomic E-state index is 0.257. The van der Waals surface area contributed by atoms with Crippen LogP contribution in [0.3, 0.4) is 0 Å². The van der Waals surface area contributed by atoms with E-state index in [0.29, 0.717) is 32.5 Å². The van der Waals surface area contributed by atoms with Crippen molar-refractivity contribution in [2.75, 3.05) is 13.2 Å². The predicted octanol–water partition coefficient (Wildman–Crippen LogP) is -0.706.